The van der Waals surface area contributed by atoms with E-state index in [9.17, 15) is 9.59 Å². The van der Waals surface area contributed by atoms with Crippen molar-refractivity contribution in [2.45, 2.75) is 46.1 Å². The Hall–Kier alpha value is -1.94. The van der Waals surface area contributed by atoms with Crippen LogP contribution in [0, 0.1) is 12.8 Å². The highest BCUT2D eigenvalue weighted by molar-refractivity contribution is 7.14. The summed E-state index contributed by atoms with van der Waals surface area (Å²) in [6.07, 6.45) is 2.45. The molecule has 1 aliphatic rings. The van der Waals surface area contributed by atoms with Crippen LogP contribution < -0.4 is 0 Å². The van der Waals surface area contributed by atoms with Crippen molar-refractivity contribution in [2.24, 2.45) is 5.92 Å². The van der Waals surface area contributed by atoms with Crippen molar-refractivity contribution in [3.05, 3.63) is 56.8 Å². The maximum atomic E-state index is 12.4. The van der Waals surface area contributed by atoms with Gasteiger partial charge in [0, 0.05) is 10.4 Å². The topological polar surface area (TPSA) is 43.4 Å². The van der Waals surface area contributed by atoms with E-state index >= 15 is 0 Å². The summed E-state index contributed by atoms with van der Waals surface area (Å²) in [4.78, 5) is 26.7. The molecule has 3 nitrogen and oxygen atoms in total. The SMILES string of the molecule is Cc1ccc(C(=O)[C@H](C)OC(=O)c2cc3c(s2)CC[C@@H](C)C3)cc1. The van der Waals surface area contributed by atoms with Gasteiger partial charge in [0.1, 0.15) is 4.88 Å². The van der Waals surface area contributed by atoms with Crippen LogP contribution in [-0.2, 0) is 17.6 Å². The molecular weight excluding hydrogens is 320 g/mol. The lowest BCUT2D eigenvalue weighted by Crippen LogP contribution is -2.24. The average Bonchev–Trinajstić information content (AvgIpc) is 2.98. The Morgan fingerprint density at radius 1 is 1.25 bits per heavy atom. The van der Waals surface area contributed by atoms with E-state index in [0.717, 1.165) is 18.4 Å². The molecule has 0 aliphatic heterocycles. The summed E-state index contributed by atoms with van der Waals surface area (Å²) in [6, 6.07) is 9.26. The van der Waals surface area contributed by atoms with Crippen LogP contribution in [0.25, 0.3) is 0 Å². The number of hydrogen-bond donors (Lipinski definition) is 0. The molecule has 126 valence electrons. The molecule has 0 bridgehead atoms. The second-order valence-corrected chi connectivity index (χ2v) is 7.82. The van der Waals surface area contributed by atoms with Crippen LogP contribution in [0.3, 0.4) is 0 Å². The van der Waals surface area contributed by atoms with E-state index in [1.807, 2.05) is 25.1 Å². The number of benzene rings is 1. The van der Waals surface area contributed by atoms with Crippen molar-refractivity contribution in [1.82, 2.24) is 0 Å². The van der Waals surface area contributed by atoms with Gasteiger partial charge in [-0.15, -0.1) is 11.3 Å². The summed E-state index contributed by atoms with van der Waals surface area (Å²) in [7, 11) is 0. The zero-order chi connectivity index (χ0) is 17.3. The predicted octanol–water partition coefficient (Wildman–Crippen LogP) is 4.61. The maximum absolute atomic E-state index is 12.4. The van der Waals surface area contributed by atoms with Gasteiger partial charge in [0.25, 0.3) is 0 Å². The number of thiophene rings is 1. The zero-order valence-electron chi connectivity index (χ0n) is 14.3. The minimum Gasteiger partial charge on any atom is -0.450 e. The fraction of sp³-hybridized carbons (Fsp3) is 0.400. The summed E-state index contributed by atoms with van der Waals surface area (Å²) < 4.78 is 5.41. The Bertz CT molecular complexity index is 758. The first kappa shape index (κ1) is 16.9. The molecule has 1 aromatic carbocycles. The van der Waals surface area contributed by atoms with Crippen LogP contribution in [0.15, 0.2) is 30.3 Å². The van der Waals surface area contributed by atoms with Crippen molar-refractivity contribution >= 4 is 23.1 Å². The Balaban J connectivity index is 1.68. The van der Waals surface area contributed by atoms with Gasteiger partial charge in [0.2, 0.25) is 5.78 Å². The van der Waals surface area contributed by atoms with Crippen molar-refractivity contribution in [2.75, 3.05) is 0 Å². The number of rotatable bonds is 4. The van der Waals surface area contributed by atoms with Crippen LogP contribution in [0.2, 0.25) is 0 Å². The Kier molecular flexibility index (Phi) is 4.86. The lowest BCUT2D eigenvalue weighted by Gasteiger charge is -2.16. The predicted molar refractivity (Wildman–Crippen MR) is 95.9 cm³/mol. The Morgan fingerprint density at radius 2 is 1.96 bits per heavy atom. The second kappa shape index (κ2) is 6.89. The van der Waals surface area contributed by atoms with E-state index in [4.69, 9.17) is 4.74 Å². The molecule has 24 heavy (non-hydrogen) atoms. The summed E-state index contributed by atoms with van der Waals surface area (Å²) >= 11 is 1.51. The highest BCUT2D eigenvalue weighted by Gasteiger charge is 2.24. The van der Waals surface area contributed by atoms with Crippen molar-refractivity contribution < 1.29 is 14.3 Å². The van der Waals surface area contributed by atoms with Gasteiger partial charge in [-0.2, -0.15) is 0 Å². The molecule has 4 heteroatoms. The summed E-state index contributed by atoms with van der Waals surface area (Å²) in [5.74, 6) is 0.103. The lowest BCUT2D eigenvalue weighted by molar-refractivity contribution is 0.0323. The highest BCUT2D eigenvalue weighted by Crippen LogP contribution is 2.32. The lowest BCUT2D eigenvalue weighted by atomic mass is 9.90. The fourth-order valence-corrected chi connectivity index (χ4v) is 4.12. The summed E-state index contributed by atoms with van der Waals surface area (Å²) in [5.41, 5.74) is 2.93. The third-order valence-electron chi connectivity index (χ3n) is 4.52. The van der Waals surface area contributed by atoms with Gasteiger partial charge in [-0.1, -0.05) is 36.8 Å². The van der Waals surface area contributed by atoms with Crippen LogP contribution >= 0.6 is 11.3 Å². The smallest absolute Gasteiger partial charge is 0.349 e. The summed E-state index contributed by atoms with van der Waals surface area (Å²) in [6.45, 7) is 5.84. The molecule has 2 atom stereocenters. The third-order valence-corrected chi connectivity index (χ3v) is 5.74. The second-order valence-electron chi connectivity index (χ2n) is 6.68. The molecule has 0 spiro atoms. The highest BCUT2D eigenvalue weighted by atomic mass is 32.1. The van der Waals surface area contributed by atoms with Crippen LogP contribution in [0.4, 0.5) is 0 Å². The minimum atomic E-state index is -0.779. The molecule has 0 amide bonds. The third kappa shape index (κ3) is 3.59. The molecule has 1 aromatic heterocycles. The molecule has 0 saturated carbocycles. The van der Waals surface area contributed by atoms with Crippen LogP contribution in [0.1, 0.15) is 56.3 Å². The normalized spacial score (nSPS) is 17.9. The van der Waals surface area contributed by atoms with Gasteiger partial charge in [0.15, 0.2) is 6.10 Å². The van der Waals surface area contributed by atoms with Gasteiger partial charge in [-0.05, 0) is 50.7 Å². The van der Waals surface area contributed by atoms with E-state index in [0.29, 0.717) is 16.4 Å². The molecule has 2 aromatic rings. The Labute approximate surface area is 146 Å². The van der Waals surface area contributed by atoms with Gasteiger partial charge < -0.3 is 4.74 Å². The van der Waals surface area contributed by atoms with Crippen molar-refractivity contribution in [3.8, 4) is 0 Å². The minimum absolute atomic E-state index is 0.168. The monoisotopic (exact) mass is 342 g/mol. The molecule has 0 unspecified atom stereocenters. The van der Waals surface area contributed by atoms with E-state index in [1.165, 1.54) is 28.2 Å². The van der Waals surface area contributed by atoms with Gasteiger partial charge in [-0.3, -0.25) is 4.79 Å². The van der Waals surface area contributed by atoms with E-state index in [1.54, 1.807) is 19.1 Å². The first-order valence-corrected chi connectivity index (χ1v) is 9.19. The molecule has 0 radical (unpaired) electrons. The van der Waals surface area contributed by atoms with Gasteiger partial charge >= 0.3 is 5.97 Å². The standard InChI is InChI=1S/C20H22O3S/c1-12-4-7-15(8-5-12)19(21)14(3)23-20(22)18-11-16-10-13(2)6-9-17(16)24-18/h4-5,7-8,11,13-14H,6,9-10H2,1-3H3/t13-,14+/m1/s1. The fourth-order valence-electron chi connectivity index (χ4n) is 3.03. The quantitative estimate of drug-likeness (QED) is 0.602. The maximum Gasteiger partial charge on any atom is 0.349 e. The molecule has 0 fully saturated rings. The van der Waals surface area contributed by atoms with E-state index < -0.39 is 12.1 Å². The molecule has 0 N–H and O–H groups in total. The number of ketones is 1. The molecule has 1 heterocycles. The number of ether oxygens (including phenoxy) is 1. The first-order valence-electron chi connectivity index (χ1n) is 8.37. The average molecular weight is 342 g/mol. The number of Topliss-reactive ketones (excluding diaryl/α,β-unsaturated/α-hetero) is 1. The van der Waals surface area contributed by atoms with Gasteiger partial charge in [0.05, 0.1) is 0 Å². The Morgan fingerprint density at radius 3 is 2.67 bits per heavy atom. The van der Waals surface area contributed by atoms with Gasteiger partial charge in [-0.25, -0.2) is 4.79 Å². The number of esters is 1. The largest absolute Gasteiger partial charge is 0.450 e. The summed E-state index contributed by atoms with van der Waals surface area (Å²) in [5, 5.41) is 0. The van der Waals surface area contributed by atoms with Crippen molar-refractivity contribution in [1.29, 1.82) is 0 Å². The number of carbonyl (C=O) groups excluding carboxylic acids is 2. The van der Waals surface area contributed by atoms with Crippen molar-refractivity contribution in [3.63, 3.8) is 0 Å². The molecular formula is C20H22O3S. The van der Waals surface area contributed by atoms with Crippen LogP contribution in [0.5, 0.6) is 0 Å². The van der Waals surface area contributed by atoms with Crippen LogP contribution in [-0.4, -0.2) is 17.9 Å². The first-order chi connectivity index (χ1) is 11.4. The zero-order valence-corrected chi connectivity index (χ0v) is 15.1. The number of fused-ring (bicyclic) bond motifs is 1. The molecule has 3 rings (SSSR count). The molecule has 1 aliphatic carbocycles. The molecule has 0 saturated heterocycles. The number of hydrogen-bond acceptors (Lipinski definition) is 4. The number of carbonyl (C=O) groups is 2. The van der Waals surface area contributed by atoms with E-state index in [-0.39, 0.29) is 5.78 Å². The number of aryl methyl sites for hydroxylation is 2. The van der Waals surface area contributed by atoms with E-state index in [2.05, 4.69) is 6.92 Å².